The van der Waals surface area contributed by atoms with Crippen molar-refractivity contribution in [2.45, 2.75) is 19.4 Å². The molecule has 1 rings (SSSR count). The van der Waals surface area contributed by atoms with Gasteiger partial charge in [0.05, 0.1) is 6.07 Å². The van der Waals surface area contributed by atoms with Crippen molar-refractivity contribution in [3.63, 3.8) is 0 Å². The van der Waals surface area contributed by atoms with Gasteiger partial charge in [0.25, 0.3) is 0 Å². The summed E-state index contributed by atoms with van der Waals surface area (Å²) in [5.74, 6) is -0.682. The number of nitrogens with one attached hydrogen (secondary N) is 1. The number of hydrogen-bond acceptors (Lipinski definition) is 2. The molecule has 0 aromatic heterocycles. The molecule has 0 aliphatic carbocycles. The number of carbonyl (C=O) groups excluding carboxylic acids is 1. The Kier molecular flexibility index (Phi) is 4.00. The zero-order valence-electron chi connectivity index (χ0n) is 9.70. The maximum atomic E-state index is 12.6. The van der Waals surface area contributed by atoms with Gasteiger partial charge in [0.2, 0.25) is 5.91 Å². The normalized spacial score (nSPS) is 11.2. The van der Waals surface area contributed by atoms with Gasteiger partial charge < -0.3 is 5.32 Å². The second-order valence-electron chi connectivity index (χ2n) is 4.11. The van der Waals surface area contributed by atoms with E-state index in [1.807, 2.05) is 6.07 Å². The van der Waals surface area contributed by atoms with Crippen LogP contribution in [0.2, 0.25) is 0 Å². The average molecular weight is 232 g/mol. The molecule has 4 heteroatoms. The van der Waals surface area contributed by atoms with Crippen molar-refractivity contribution in [3.8, 4) is 6.07 Å². The molecular weight excluding hydrogens is 219 g/mol. The van der Waals surface area contributed by atoms with Crippen molar-refractivity contribution in [3.05, 3.63) is 41.7 Å². The first kappa shape index (κ1) is 12.9. The predicted molar refractivity (Wildman–Crippen MR) is 63.3 cm³/mol. The molecule has 0 heterocycles. The van der Waals surface area contributed by atoms with Crippen LogP contribution in [0.15, 0.2) is 30.3 Å². The van der Waals surface area contributed by atoms with E-state index in [4.69, 9.17) is 5.26 Å². The molecule has 17 heavy (non-hydrogen) atoms. The van der Waals surface area contributed by atoms with Crippen molar-refractivity contribution in [1.82, 2.24) is 5.32 Å². The van der Waals surface area contributed by atoms with Crippen LogP contribution in [0.25, 0.3) is 6.08 Å². The van der Waals surface area contributed by atoms with Gasteiger partial charge in [-0.15, -0.1) is 0 Å². The Morgan fingerprint density at radius 2 is 2.00 bits per heavy atom. The summed E-state index contributed by atoms with van der Waals surface area (Å²) in [5, 5.41) is 11.3. The molecule has 0 radical (unpaired) electrons. The Bertz CT molecular complexity index is 469. The van der Waals surface area contributed by atoms with E-state index < -0.39 is 5.54 Å². The first-order valence-electron chi connectivity index (χ1n) is 5.10. The minimum Gasteiger partial charge on any atom is -0.335 e. The van der Waals surface area contributed by atoms with Crippen molar-refractivity contribution in [2.75, 3.05) is 0 Å². The van der Waals surface area contributed by atoms with E-state index in [2.05, 4.69) is 5.32 Å². The zero-order valence-corrected chi connectivity index (χ0v) is 9.70. The van der Waals surface area contributed by atoms with Crippen molar-refractivity contribution >= 4 is 12.0 Å². The van der Waals surface area contributed by atoms with Crippen LogP contribution < -0.4 is 5.32 Å². The van der Waals surface area contributed by atoms with Crippen LogP contribution in [0.4, 0.5) is 4.39 Å². The van der Waals surface area contributed by atoms with Gasteiger partial charge in [-0.1, -0.05) is 12.1 Å². The van der Waals surface area contributed by atoms with E-state index >= 15 is 0 Å². The molecule has 1 aromatic rings. The summed E-state index contributed by atoms with van der Waals surface area (Å²) in [5.41, 5.74) is -0.180. The van der Waals surface area contributed by atoms with Gasteiger partial charge in [-0.25, -0.2) is 4.39 Å². The highest BCUT2D eigenvalue weighted by Crippen LogP contribution is 2.05. The number of hydrogen-bond donors (Lipinski definition) is 1. The lowest BCUT2D eigenvalue weighted by molar-refractivity contribution is -0.117. The lowest BCUT2D eigenvalue weighted by atomic mass is 10.1. The first-order valence-corrected chi connectivity index (χ1v) is 5.10. The molecule has 0 saturated heterocycles. The lowest BCUT2D eigenvalue weighted by Gasteiger charge is -2.15. The standard InChI is InChI=1S/C13H13FN2O/c1-13(2,9-15)16-12(17)8-5-10-3-6-11(14)7-4-10/h3-8H,1-2H3,(H,16,17)/b8-5+. The second kappa shape index (κ2) is 5.26. The molecule has 0 fully saturated rings. The molecule has 3 nitrogen and oxygen atoms in total. The maximum Gasteiger partial charge on any atom is 0.245 e. The minimum atomic E-state index is -0.899. The minimum absolute atomic E-state index is 0.322. The number of halogens is 1. The fraction of sp³-hybridized carbons (Fsp3) is 0.231. The molecule has 1 amide bonds. The van der Waals surface area contributed by atoms with Gasteiger partial charge >= 0.3 is 0 Å². The average Bonchev–Trinajstić information content (AvgIpc) is 2.28. The molecule has 88 valence electrons. The molecule has 0 aliphatic heterocycles. The highest BCUT2D eigenvalue weighted by atomic mass is 19.1. The SMILES string of the molecule is CC(C)(C#N)NC(=O)/C=C/c1ccc(F)cc1. The molecule has 0 spiro atoms. The third-order valence-corrected chi connectivity index (χ3v) is 2.01. The van der Waals surface area contributed by atoms with Gasteiger partial charge in [0.15, 0.2) is 0 Å². The topological polar surface area (TPSA) is 52.9 Å². The largest absolute Gasteiger partial charge is 0.335 e. The van der Waals surface area contributed by atoms with Crippen LogP contribution in [0.3, 0.4) is 0 Å². The summed E-state index contributed by atoms with van der Waals surface area (Å²) in [7, 11) is 0. The summed E-state index contributed by atoms with van der Waals surface area (Å²) in [6.07, 6.45) is 2.87. The highest BCUT2D eigenvalue weighted by Gasteiger charge is 2.17. The van der Waals surface area contributed by atoms with Crippen molar-refractivity contribution < 1.29 is 9.18 Å². The summed E-state index contributed by atoms with van der Waals surface area (Å²) in [6, 6.07) is 7.72. The number of nitrogens with zero attached hydrogens (tertiary/aromatic N) is 1. The smallest absolute Gasteiger partial charge is 0.245 e. The lowest BCUT2D eigenvalue weighted by Crippen LogP contribution is -2.41. The Balaban J connectivity index is 2.63. The molecule has 0 unspecified atom stereocenters. The number of nitriles is 1. The van der Waals surface area contributed by atoms with Crippen LogP contribution in [0.5, 0.6) is 0 Å². The zero-order chi connectivity index (χ0) is 12.9. The summed E-state index contributed by atoms with van der Waals surface area (Å²) in [4.78, 5) is 11.4. The van der Waals surface area contributed by atoms with Crippen LogP contribution >= 0.6 is 0 Å². The van der Waals surface area contributed by atoms with Crippen LogP contribution in [0, 0.1) is 17.1 Å². The fourth-order valence-corrected chi connectivity index (χ4v) is 1.12. The van der Waals surface area contributed by atoms with E-state index in [0.717, 1.165) is 5.56 Å². The van der Waals surface area contributed by atoms with E-state index in [1.54, 1.807) is 32.1 Å². The molecule has 0 saturated carbocycles. The number of rotatable bonds is 3. The third kappa shape index (κ3) is 4.47. The fourth-order valence-electron chi connectivity index (χ4n) is 1.12. The molecular formula is C13H13FN2O. The van der Waals surface area contributed by atoms with Crippen LogP contribution in [0.1, 0.15) is 19.4 Å². The number of benzene rings is 1. The van der Waals surface area contributed by atoms with Gasteiger partial charge in [0.1, 0.15) is 11.4 Å². The third-order valence-electron chi connectivity index (χ3n) is 2.01. The van der Waals surface area contributed by atoms with E-state index in [1.165, 1.54) is 18.2 Å². The first-order chi connectivity index (χ1) is 7.93. The van der Waals surface area contributed by atoms with E-state index in [9.17, 15) is 9.18 Å². The summed E-state index contributed by atoms with van der Waals surface area (Å²) in [6.45, 7) is 3.22. The quantitative estimate of drug-likeness (QED) is 0.813. The summed E-state index contributed by atoms with van der Waals surface area (Å²) >= 11 is 0. The van der Waals surface area contributed by atoms with Gasteiger partial charge in [-0.05, 0) is 37.6 Å². The maximum absolute atomic E-state index is 12.6. The molecule has 1 N–H and O–H groups in total. The van der Waals surface area contributed by atoms with Gasteiger partial charge in [0, 0.05) is 6.08 Å². The van der Waals surface area contributed by atoms with E-state index in [0.29, 0.717) is 0 Å². The van der Waals surface area contributed by atoms with E-state index in [-0.39, 0.29) is 11.7 Å². The molecule has 0 aliphatic rings. The Hall–Kier alpha value is -2.15. The summed E-state index contributed by atoms with van der Waals surface area (Å²) < 4.78 is 12.6. The van der Waals surface area contributed by atoms with Crippen LogP contribution in [-0.4, -0.2) is 11.4 Å². The Morgan fingerprint density at radius 3 is 2.53 bits per heavy atom. The molecule has 0 atom stereocenters. The number of carbonyl (C=O) groups is 1. The number of amides is 1. The van der Waals surface area contributed by atoms with Crippen LogP contribution in [-0.2, 0) is 4.79 Å². The molecule has 0 bridgehead atoms. The molecule has 1 aromatic carbocycles. The predicted octanol–water partition coefficient (Wildman–Crippen LogP) is 2.26. The highest BCUT2D eigenvalue weighted by molar-refractivity contribution is 5.92. The van der Waals surface area contributed by atoms with Gasteiger partial charge in [-0.3, -0.25) is 4.79 Å². The monoisotopic (exact) mass is 232 g/mol. The van der Waals surface area contributed by atoms with Crippen molar-refractivity contribution in [2.24, 2.45) is 0 Å². The Morgan fingerprint density at radius 1 is 1.41 bits per heavy atom. The van der Waals surface area contributed by atoms with Gasteiger partial charge in [-0.2, -0.15) is 5.26 Å². The Labute approximate surface area is 99.6 Å². The second-order valence-corrected chi connectivity index (χ2v) is 4.11. The van der Waals surface area contributed by atoms with Crippen molar-refractivity contribution in [1.29, 1.82) is 5.26 Å².